The Hall–Kier alpha value is -0.860. The van der Waals surface area contributed by atoms with Gasteiger partial charge in [0.25, 0.3) is 0 Å². The van der Waals surface area contributed by atoms with E-state index in [1.165, 1.54) is 12.1 Å². The first-order valence-corrected chi connectivity index (χ1v) is 5.83. The van der Waals surface area contributed by atoms with Crippen molar-refractivity contribution in [1.82, 2.24) is 5.32 Å². The van der Waals surface area contributed by atoms with Crippen molar-refractivity contribution in [2.45, 2.75) is 25.8 Å². The molecular weight excluding hydrogens is 225 g/mol. The molecule has 0 saturated heterocycles. The van der Waals surface area contributed by atoms with Gasteiger partial charge in [0.15, 0.2) is 0 Å². The summed E-state index contributed by atoms with van der Waals surface area (Å²) in [6.07, 6.45) is 3.43. The normalized spacial score (nSPS) is 12.4. The van der Waals surface area contributed by atoms with Crippen molar-refractivity contribution in [2.75, 3.05) is 6.54 Å². The van der Waals surface area contributed by atoms with Crippen LogP contribution in [0.5, 0.6) is 0 Å². The molecule has 0 heterocycles. The van der Waals surface area contributed by atoms with Crippen molar-refractivity contribution >= 4 is 11.6 Å². The number of likely N-dealkylation sites (N-methyl/N-ethyl adjacent to an activating group) is 1. The fourth-order valence-corrected chi connectivity index (χ4v) is 1.89. The van der Waals surface area contributed by atoms with Crippen LogP contribution in [0.25, 0.3) is 0 Å². The Morgan fingerprint density at radius 3 is 2.94 bits per heavy atom. The van der Waals surface area contributed by atoms with Gasteiger partial charge in [-0.1, -0.05) is 24.6 Å². The second kappa shape index (κ2) is 6.66. The molecule has 88 valence electrons. The Kier molecular flexibility index (Phi) is 5.50. The highest BCUT2D eigenvalue weighted by Crippen LogP contribution is 2.19. The second-order valence-electron chi connectivity index (χ2n) is 3.72. The Morgan fingerprint density at radius 1 is 1.56 bits per heavy atom. The summed E-state index contributed by atoms with van der Waals surface area (Å²) in [4.78, 5) is 0. The molecule has 1 rings (SSSR count). The predicted octanol–water partition coefficient (Wildman–Crippen LogP) is 3.58. The van der Waals surface area contributed by atoms with Crippen molar-refractivity contribution in [3.05, 3.63) is 47.3 Å². The maximum Gasteiger partial charge on any atom is 0.123 e. The van der Waals surface area contributed by atoms with Crippen LogP contribution in [0.3, 0.4) is 0 Å². The summed E-state index contributed by atoms with van der Waals surface area (Å²) in [6.45, 7) is 6.64. The van der Waals surface area contributed by atoms with Crippen LogP contribution >= 0.6 is 11.6 Å². The minimum Gasteiger partial charge on any atom is -0.314 e. The summed E-state index contributed by atoms with van der Waals surface area (Å²) >= 11 is 6.02. The quantitative estimate of drug-likeness (QED) is 0.751. The largest absolute Gasteiger partial charge is 0.314 e. The highest BCUT2D eigenvalue weighted by molar-refractivity contribution is 6.31. The van der Waals surface area contributed by atoms with E-state index in [2.05, 4.69) is 11.9 Å². The van der Waals surface area contributed by atoms with E-state index in [-0.39, 0.29) is 11.9 Å². The monoisotopic (exact) mass is 241 g/mol. The molecule has 0 amide bonds. The standard InChI is InChI=1S/C13H17ClFN/c1-3-5-12(16-4-2)9-10-8-11(15)6-7-13(10)14/h3,6-8,12,16H,1,4-5,9H2,2H3. The minimum absolute atomic E-state index is 0.242. The average Bonchev–Trinajstić information content (AvgIpc) is 2.24. The van der Waals surface area contributed by atoms with E-state index in [4.69, 9.17) is 11.6 Å². The van der Waals surface area contributed by atoms with Crippen molar-refractivity contribution in [2.24, 2.45) is 0 Å². The third kappa shape index (κ3) is 3.95. The zero-order valence-electron chi connectivity index (χ0n) is 9.47. The van der Waals surface area contributed by atoms with Gasteiger partial charge in [-0.25, -0.2) is 4.39 Å². The molecule has 0 aliphatic rings. The molecule has 1 nitrogen and oxygen atoms in total. The predicted molar refractivity (Wildman–Crippen MR) is 67.4 cm³/mol. The van der Waals surface area contributed by atoms with Crippen molar-refractivity contribution in [3.63, 3.8) is 0 Å². The fourth-order valence-electron chi connectivity index (χ4n) is 1.69. The number of halogens is 2. The summed E-state index contributed by atoms with van der Waals surface area (Å²) in [6, 6.07) is 4.74. The maximum atomic E-state index is 13.1. The van der Waals surface area contributed by atoms with Gasteiger partial charge in [-0.2, -0.15) is 0 Å². The molecule has 16 heavy (non-hydrogen) atoms. The molecule has 0 bridgehead atoms. The van der Waals surface area contributed by atoms with E-state index in [0.29, 0.717) is 5.02 Å². The third-order valence-corrected chi connectivity index (χ3v) is 2.79. The highest BCUT2D eigenvalue weighted by Gasteiger charge is 2.09. The van der Waals surface area contributed by atoms with E-state index >= 15 is 0 Å². The Bertz CT molecular complexity index is 352. The summed E-state index contributed by atoms with van der Waals surface area (Å²) in [7, 11) is 0. The Morgan fingerprint density at radius 2 is 2.31 bits per heavy atom. The van der Waals surface area contributed by atoms with E-state index in [9.17, 15) is 4.39 Å². The SMILES string of the molecule is C=CCC(Cc1cc(F)ccc1Cl)NCC. The van der Waals surface area contributed by atoms with Gasteiger partial charge in [0, 0.05) is 11.1 Å². The lowest BCUT2D eigenvalue weighted by Gasteiger charge is -2.16. The van der Waals surface area contributed by atoms with E-state index in [0.717, 1.165) is 24.9 Å². The summed E-state index contributed by atoms with van der Waals surface area (Å²) in [5.74, 6) is -0.242. The number of rotatable bonds is 6. The summed E-state index contributed by atoms with van der Waals surface area (Å²) in [5, 5.41) is 3.95. The topological polar surface area (TPSA) is 12.0 Å². The molecule has 0 spiro atoms. The number of nitrogens with one attached hydrogen (secondary N) is 1. The average molecular weight is 242 g/mol. The Balaban J connectivity index is 2.75. The Labute approximate surface area is 101 Å². The lowest BCUT2D eigenvalue weighted by atomic mass is 10.0. The molecule has 1 unspecified atom stereocenters. The van der Waals surface area contributed by atoms with Gasteiger partial charge in [0.2, 0.25) is 0 Å². The first-order chi connectivity index (χ1) is 7.67. The molecule has 1 aromatic rings. The lowest BCUT2D eigenvalue weighted by molar-refractivity contribution is 0.527. The molecule has 1 atom stereocenters. The molecule has 1 aromatic carbocycles. The van der Waals surface area contributed by atoms with Crippen LogP contribution in [-0.4, -0.2) is 12.6 Å². The third-order valence-electron chi connectivity index (χ3n) is 2.42. The first-order valence-electron chi connectivity index (χ1n) is 5.45. The van der Waals surface area contributed by atoms with E-state index < -0.39 is 0 Å². The first kappa shape index (κ1) is 13.2. The fraction of sp³-hybridized carbons (Fsp3) is 0.385. The van der Waals surface area contributed by atoms with E-state index in [1.807, 2.05) is 13.0 Å². The molecule has 0 radical (unpaired) electrons. The van der Waals surface area contributed by atoms with Gasteiger partial charge in [-0.15, -0.1) is 6.58 Å². The molecule has 0 saturated carbocycles. The molecule has 1 N–H and O–H groups in total. The summed E-state index contributed by atoms with van der Waals surface area (Å²) in [5.41, 5.74) is 0.842. The van der Waals surface area contributed by atoms with Crippen molar-refractivity contribution in [1.29, 1.82) is 0 Å². The molecular formula is C13H17ClFN. The van der Waals surface area contributed by atoms with Crippen LogP contribution in [0.2, 0.25) is 5.02 Å². The smallest absolute Gasteiger partial charge is 0.123 e. The summed E-state index contributed by atoms with van der Waals surface area (Å²) < 4.78 is 13.1. The van der Waals surface area contributed by atoms with Crippen LogP contribution in [0.1, 0.15) is 18.9 Å². The van der Waals surface area contributed by atoms with Crippen LogP contribution in [-0.2, 0) is 6.42 Å². The van der Waals surface area contributed by atoms with Crippen LogP contribution in [0.15, 0.2) is 30.9 Å². The number of hydrogen-bond donors (Lipinski definition) is 1. The van der Waals surface area contributed by atoms with Crippen molar-refractivity contribution in [3.8, 4) is 0 Å². The van der Waals surface area contributed by atoms with E-state index in [1.54, 1.807) is 6.07 Å². The molecule has 0 aliphatic heterocycles. The molecule has 0 aromatic heterocycles. The van der Waals surface area contributed by atoms with Gasteiger partial charge >= 0.3 is 0 Å². The number of benzene rings is 1. The maximum absolute atomic E-state index is 13.1. The molecule has 0 aliphatic carbocycles. The zero-order chi connectivity index (χ0) is 12.0. The minimum atomic E-state index is -0.242. The van der Waals surface area contributed by atoms with Gasteiger partial charge in [-0.05, 0) is 43.1 Å². The van der Waals surface area contributed by atoms with Gasteiger partial charge in [0.1, 0.15) is 5.82 Å². The van der Waals surface area contributed by atoms with Gasteiger partial charge in [-0.3, -0.25) is 0 Å². The number of hydrogen-bond acceptors (Lipinski definition) is 1. The zero-order valence-corrected chi connectivity index (χ0v) is 10.2. The van der Waals surface area contributed by atoms with Crippen LogP contribution < -0.4 is 5.32 Å². The second-order valence-corrected chi connectivity index (χ2v) is 4.13. The van der Waals surface area contributed by atoms with Crippen LogP contribution in [0.4, 0.5) is 4.39 Å². The molecule has 3 heteroatoms. The molecule has 0 fully saturated rings. The van der Waals surface area contributed by atoms with Crippen molar-refractivity contribution < 1.29 is 4.39 Å². The lowest BCUT2D eigenvalue weighted by Crippen LogP contribution is -2.30. The van der Waals surface area contributed by atoms with Gasteiger partial charge < -0.3 is 5.32 Å². The van der Waals surface area contributed by atoms with Crippen LogP contribution in [0, 0.1) is 5.82 Å². The highest BCUT2D eigenvalue weighted by atomic mass is 35.5. The van der Waals surface area contributed by atoms with Gasteiger partial charge in [0.05, 0.1) is 0 Å².